The number of hydrogen-bond acceptors (Lipinski definition) is 7. The first-order valence-corrected chi connectivity index (χ1v) is 18.3. The van der Waals surface area contributed by atoms with Crippen molar-refractivity contribution in [1.82, 2.24) is 14.3 Å². The predicted octanol–water partition coefficient (Wildman–Crippen LogP) is 7.38. The standard InChI is InChI=1S/C34H36ClF6N4O5S2/c1-33(2,20-7-12-25(35)28(15-20)49-6)29-18-42-32(44(29)22-10-8-21(36)9-11-22)51-19-24-26(37)16-23(17-27(24)38)52(47,48)43-14-13-30(45(3,4)5)50-31(46)34(39,40)41/h7-12,15-18,30,43H,13-14,19H2,1-6H3/q+1. The van der Waals surface area contributed by atoms with E-state index in [1.165, 1.54) is 52.5 Å². The number of imidazole rings is 1. The zero-order chi connectivity index (χ0) is 38.8. The predicted molar refractivity (Wildman–Crippen MR) is 183 cm³/mol. The molecule has 1 aromatic heterocycles. The molecule has 0 amide bonds. The van der Waals surface area contributed by atoms with Crippen LogP contribution >= 0.6 is 23.4 Å². The highest BCUT2D eigenvalue weighted by atomic mass is 35.5. The fraction of sp³-hybridized carbons (Fsp3) is 0.353. The summed E-state index contributed by atoms with van der Waals surface area (Å²) in [6, 6.07) is 12.1. The van der Waals surface area contributed by atoms with E-state index in [9.17, 15) is 30.8 Å². The minimum Gasteiger partial charge on any atom is -0.495 e. The number of nitrogens with one attached hydrogen (secondary N) is 1. The largest absolute Gasteiger partial charge is 0.495 e. The summed E-state index contributed by atoms with van der Waals surface area (Å²) in [5, 5.41) is 0.704. The monoisotopic (exact) mass is 793 g/mol. The average Bonchev–Trinajstić information content (AvgIpc) is 3.48. The summed E-state index contributed by atoms with van der Waals surface area (Å²) in [4.78, 5) is 15.1. The molecule has 0 fully saturated rings. The fourth-order valence-electron chi connectivity index (χ4n) is 5.12. The lowest BCUT2D eigenvalue weighted by atomic mass is 9.81. The minimum atomic E-state index is -5.26. The summed E-state index contributed by atoms with van der Waals surface area (Å²) < 4.78 is 122. The highest BCUT2D eigenvalue weighted by Crippen LogP contribution is 2.39. The number of quaternary nitrogens is 1. The van der Waals surface area contributed by atoms with Gasteiger partial charge in [0.1, 0.15) is 23.2 Å². The SMILES string of the molecule is COc1cc(C(C)(C)c2cnc(SCc3c(F)cc(S(=O)(=O)NCCC(OC(=O)C(F)(F)F)[N+](C)(C)C)cc3F)n2-c2ccc(F)cc2)ccc1Cl. The molecule has 0 radical (unpaired) electrons. The quantitative estimate of drug-likeness (QED) is 0.0468. The van der Waals surface area contributed by atoms with Crippen LogP contribution < -0.4 is 9.46 Å². The summed E-state index contributed by atoms with van der Waals surface area (Å²) in [5.74, 6) is -5.15. The number of alkyl halides is 3. The number of methoxy groups -OCH3 is 1. The van der Waals surface area contributed by atoms with E-state index < -0.39 is 68.3 Å². The number of carbonyl (C=O) groups is 1. The number of nitrogens with zero attached hydrogens (tertiary/aromatic N) is 3. The first-order chi connectivity index (χ1) is 24.1. The number of carbonyl (C=O) groups excluding carboxylic acids is 1. The number of thioether (sulfide) groups is 1. The number of rotatable bonds is 14. The second-order valence-corrected chi connectivity index (χ2v) is 16.1. The van der Waals surface area contributed by atoms with Crippen LogP contribution in [0.3, 0.4) is 0 Å². The molecular weight excluding hydrogens is 758 g/mol. The van der Waals surface area contributed by atoms with Crippen LogP contribution in [0.1, 0.15) is 37.1 Å². The van der Waals surface area contributed by atoms with E-state index in [-0.39, 0.29) is 16.7 Å². The molecule has 52 heavy (non-hydrogen) atoms. The maximum atomic E-state index is 15.4. The van der Waals surface area contributed by atoms with Gasteiger partial charge in [0, 0.05) is 29.0 Å². The van der Waals surface area contributed by atoms with Crippen LogP contribution in [0.5, 0.6) is 5.75 Å². The van der Waals surface area contributed by atoms with Crippen molar-refractivity contribution < 1.29 is 53.5 Å². The van der Waals surface area contributed by atoms with E-state index in [1.807, 2.05) is 19.9 Å². The van der Waals surface area contributed by atoms with E-state index in [1.54, 1.807) is 22.9 Å². The van der Waals surface area contributed by atoms with E-state index in [4.69, 9.17) is 16.3 Å². The molecule has 282 valence electrons. The van der Waals surface area contributed by atoms with Crippen molar-refractivity contribution in [3.05, 3.63) is 100 Å². The van der Waals surface area contributed by atoms with Crippen LogP contribution in [0.15, 0.2) is 70.8 Å². The zero-order valence-corrected chi connectivity index (χ0v) is 31.2. The molecule has 9 nitrogen and oxygen atoms in total. The lowest BCUT2D eigenvalue weighted by molar-refractivity contribution is -0.917. The number of aromatic nitrogens is 2. The third kappa shape index (κ3) is 9.41. The number of sulfonamides is 1. The van der Waals surface area contributed by atoms with Crippen molar-refractivity contribution in [3.8, 4) is 11.4 Å². The number of halogens is 7. The minimum absolute atomic E-state index is 0.284. The van der Waals surface area contributed by atoms with E-state index >= 15 is 8.78 Å². The normalized spacial score (nSPS) is 13.2. The number of benzene rings is 3. The smallest absolute Gasteiger partial charge is 0.491 e. The maximum absolute atomic E-state index is 15.4. The topological polar surface area (TPSA) is 99.5 Å². The van der Waals surface area contributed by atoms with Crippen molar-refractivity contribution >= 4 is 39.4 Å². The molecular formula is C34H36ClF6N4O5S2+. The third-order valence-corrected chi connectivity index (χ3v) is 10.9. The Bertz CT molecular complexity index is 2010. The van der Waals surface area contributed by atoms with Gasteiger partial charge >= 0.3 is 12.1 Å². The van der Waals surface area contributed by atoms with E-state index in [0.717, 1.165) is 17.3 Å². The van der Waals surface area contributed by atoms with E-state index in [0.29, 0.717) is 39.4 Å². The Morgan fingerprint density at radius 2 is 1.63 bits per heavy atom. The Morgan fingerprint density at radius 1 is 1.02 bits per heavy atom. The first-order valence-electron chi connectivity index (χ1n) is 15.4. The van der Waals surface area contributed by atoms with Crippen LogP contribution in [0.2, 0.25) is 5.02 Å². The molecule has 0 aliphatic carbocycles. The Hall–Kier alpha value is -3.77. The zero-order valence-electron chi connectivity index (χ0n) is 28.8. The van der Waals surface area contributed by atoms with Crippen molar-refractivity contribution in [2.45, 2.75) is 53.9 Å². The molecule has 4 aromatic rings. The first kappa shape index (κ1) is 41.0. The van der Waals surface area contributed by atoms with Gasteiger partial charge in [-0.2, -0.15) is 13.2 Å². The van der Waals surface area contributed by atoms with Crippen LogP contribution in [0, 0.1) is 17.5 Å². The summed E-state index contributed by atoms with van der Waals surface area (Å²) in [7, 11) is 1.25. The number of esters is 1. The van der Waals surface area contributed by atoms with Gasteiger partial charge in [0.05, 0.1) is 56.5 Å². The summed E-state index contributed by atoms with van der Waals surface area (Å²) in [6.45, 7) is 3.33. The molecule has 0 saturated heterocycles. The van der Waals surface area contributed by atoms with Gasteiger partial charge in [0.2, 0.25) is 16.3 Å². The Morgan fingerprint density at radius 3 is 2.19 bits per heavy atom. The summed E-state index contributed by atoms with van der Waals surface area (Å²) in [5.41, 5.74) is 0.750. The Labute approximate surface area is 306 Å². The molecule has 1 unspecified atom stereocenters. The fourth-order valence-corrected chi connectivity index (χ4v) is 7.39. The highest BCUT2D eigenvalue weighted by molar-refractivity contribution is 7.98. The van der Waals surface area contributed by atoms with Gasteiger partial charge in [-0.25, -0.2) is 36.1 Å². The number of hydrogen-bond donors (Lipinski definition) is 1. The van der Waals surface area contributed by atoms with Crippen LogP contribution in [-0.4, -0.2) is 75.6 Å². The number of ether oxygens (including phenoxy) is 2. The second-order valence-electron chi connectivity index (χ2n) is 13.0. The van der Waals surface area contributed by atoms with Gasteiger partial charge in [0.15, 0.2) is 5.16 Å². The molecule has 0 aliphatic rings. The average molecular weight is 794 g/mol. The molecule has 4 rings (SSSR count). The van der Waals surface area contributed by atoms with Crippen molar-refractivity contribution in [2.24, 2.45) is 0 Å². The summed E-state index contributed by atoms with van der Waals surface area (Å²) in [6.07, 6.45) is -5.44. The van der Waals surface area contributed by atoms with Gasteiger partial charge in [-0.1, -0.05) is 43.3 Å². The molecule has 0 spiro atoms. The lowest BCUT2D eigenvalue weighted by Crippen LogP contribution is -2.50. The van der Waals surface area contributed by atoms with Crippen molar-refractivity contribution in [2.75, 3.05) is 34.8 Å². The van der Waals surface area contributed by atoms with Gasteiger partial charge < -0.3 is 9.47 Å². The molecule has 3 aromatic carbocycles. The Balaban J connectivity index is 1.58. The Kier molecular flexibility index (Phi) is 12.4. The molecule has 0 aliphatic heterocycles. The highest BCUT2D eigenvalue weighted by Gasteiger charge is 2.44. The third-order valence-electron chi connectivity index (χ3n) is 8.12. The molecule has 1 N–H and O–H groups in total. The summed E-state index contributed by atoms with van der Waals surface area (Å²) >= 11 is 7.20. The van der Waals surface area contributed by atoms with E-state index in [2.05, 4.69) is 14.4 Å². The second kappa shape index (κ2) is 15.7. The molecule has 1 heterocycles. The van der Waals surface area contributed by atoms with Crippen LogP contribution in [0.25, 0.3) is 5.69 Å². The molecule has 1 atom stereocenters. The molecule has 0 bridgehead atoms. The van der Waals surface area contributed by atoms with Gasteiger partial charge in [0.25, 0.3) is 0 Å². The van der Waals surface area contributed by atoms with Crippen molar-refractivity contribution in [3.63, 3.8) is 0 Å². The van der Waals surface area contributed by atoms with Gasteiger partial charge in [-0.15, -0.1) is 0 Å². The molecule has 18 heteroatoms. The van der Waals surface area contributed by atoms with Crippen molar-refractivity contribution in [1.29, 1.82) is 0 Å². The molecule has 0 saturated carbocycles. The van der Waals surface area contributed by atoms with Gasteiger partial charge in [-0.3, -0.25) is 9.05 Å². The van der Waals surface area contributed by atoms with Gasteiger partial charge in [-0.05, 0) is 54.1 Å². The van der Waals surface area contributed by atoms with Crippen LogP contribution in [0.4, 0.5) is 26.3 Å². The maximum Gasteiger partial charge on any atom is 0.491 e. The lowest BCUT2D eigenvalue weighted by Gasteiger charge is -2.33. The van der Waals surface area contributed by atoms with Crippen LogP contribution in [-0.2, 0) is 30.7 Å².